The molecule has 3 nitrogen and oxygen atoms in total. The first-order chi connectivity index (χ1) is 8.27. The van der Waals surface area contributed by atoms with Crippen molar-refractivity contribution in [1.29, 1.82) is 0 Å². The number of rotatable bonds is 4. The predicted molar refractivity (Wildman–Crippen MR) is 68.6 cm³/mol. The molecule has 1 aromatic carbocycles. The van der Waals surface area contributed by atoms with Crippen LogP contribution in [0.2, 0.25) is 0 Å². The Balaban J connectivity index is 2.50. The SMILES string of the molecule is COC(=O)c1cn(CCCCl)c2ccccc12. The Bertz CT molecular complexity index is 533. The van der Waals surface area contributed by atoms with E-state index < -0.39 is 0 Å². The summed E-state index contributed by atoms with van der Waals surface area (Å²) in [6, 6.07) is 7.80. The molecule has 0 aliphatic rings. The highest BCUT2D eigenvalue weighted by atomic mass is 35.5. The summed E-state index contributed by atoms with van der Waals surface area (Å²) >= 11 is 5.69. The molecular weight excluding hydrogens is 238 g/mol. The van der Waals surface area contributed by atoms with Crippen molar-refractivity contribution in [2.75, 3.05) is 13.0 Å². The number of ether oxygens (including phenoxy) is 1. The second-order valence-electron chi connectivity index (χ2n) is 3.79. The zero-order valence-electron chi connectivity index (χ0n) is 9.65. The van der Waals surface area contributed by atoms with Gasteiger partial charge in [0.25, 0.3) is 0 Å². The molecule has 1 heterocycles. The number of methoxy groups -OCH3 is 1. The van der Waals surface area contributed by atoms with Gasteiger partial charge in [0.1, 0.15) is 0 Å². The number of carbonyl (C=O) groups excluding carboxylic acids is 1. The Morgan fingerprint density at radius 1 is 1.41 bits per heavy atom. The topological polar surface area (TPSA) is 31.2 Å². The third-order valence-corrected chi connectivity index (χ3v) is 2.99. The summed E-state index contributed by atoms with van der Waals surface area (Å²) in [6.07, 6.45) is 2.71. The zero-order chi connectivity index (χ0) is 12.3. The maximum atomic E-state index is 11.7. The molecule has 0 N–H and O–H groups in total. The van der Waals surface area contributed by atoms with Gasteiger partial charge in [-0.2, -0.15) is 0 Å². The zero-order valence-corrected chi connectivity index (χ0v) is 10.4. The second-order valence-corrected chi connectivity index (χ2v) is 4.17. The standard InChI is InChI=1S/C13H14ClNO2/c1-17-13(16)11-9-15(8-4-7-14)12-6-3-2-5-10(11)12/h2-3,5-6,9H,4,7-8H2,1H3. The van der Waals surface area contributed by atoms with E-state index in [2.05, 4.69) is 0 Å². The van der Waals surface area contributed by atoms with Crippen LogP contribution in [0.25, 0.3) is 10.9 Å². The van der Waals surface area contributed by atoms with Crippen molar-refractivity contribution < 1.29 is 9.53 Å². The fourth-order valence-corrected chi connectivity index (χ4v) is 2.05. The van der Waals surface area contributed by atoms with Crippen LogP contribution in [-0.4, -0.2) is 23.5 Å². The average Bonchev–Trinajstić information content (AvgIpc) is 2.74. The molecule has 0 amide bonds. The smallest absolute Gasteiger partial charge is 0.340 e. The second kappa shape index (κ2) is 5.23. The number of alkyl halides is 1. The van der Waals surface area contributed by atoms with Gasteiger partial charge in [0.15, 0.2) is 0 Å². The van der Waals surface area contributed by atoms with Crippen molar-refractivity contribution in [3.8, 4) is 0 Å². The molecule has 0 saturated carbocycles. The number of nitrogens with zero attached hydrogens (tertiary/aromatic N) is 1. The van der Waals surface area contributed by atoms with Crippen LogP contribution >= 0.6 is 11.6 Å². The number of aryl methyl sites for hydroxylation is 1. The summed E-state index contributed by atoms with van der Waals surface area (Å²) in [5, 5.41) is 0.925. The quantitative estimate of drug-likeness (QED) is 0.618. The van der Waals surface area contributed by atoms with Crippen LogP contribution in [0.4, 0.5) is 0 Å². The van der Waals surface area contributed by atoms with Crippen LogP contribution in [0.5, 0.6) is 0 Å². The summed E-state index contributed by atoms with van der Waals surface area (Å²) in [4.78, 5) is 11.7. The number of aromatic nitrogens is 1. The van der Waals surface area contributed by atoms with Crippen LogP contribution in [0.15, 0.2) is 30.5 Å². The van der Waals surface area contributed by atoms with E-state index in [0.717, 1.165) is 23.9 Å². The molecule has 0 fully saturated rings. The molecule has 2 rings (SSSR count). The first kappa shape index (κ1) is 12.0. The minimum absolute atomic E-state index is 0.300. The van der Waals surface area contributed by atoms with E-state index in [9.17, 15) is 4.79 Å². The Morgan fingerprint density at radius 3 is 2.88 bits per heavy atom. The molecule has 0 atom stereocenters. The lowest BCUT2D eigenvalue weighted by Crippen LogP contribution is -2.00. The number of para-hydroxylation sites is 1. The number of hydrogen-bond acceptors (Lipinski definition) is 2. The normalized spacial score (nSPS) is 10.7. The Labute approximate surface area is 105 Å². The van der Waals surface area contributed by atoms with E-state index in [1.165, 1.54) is 7.11 Å². The number of benzene rings is 1. The van der Waals surface area contributed by atoms with Gasteiger partial charge in [-0.25, -0.2) is 4.79 Å². The number of carbonyl (C=O) groups is 1. The summed E-state index contributed by atoms with van der Waals surface area (Å²) in [5.74, 6) is 0.311. The van der Waals surface area contributed by atoms with E-state index in [-0.39, 0.29) is 5.97 Å². The van der Waals surface area contributed by atoms with Crippen LogP contribution < -0.4 is 0 Å². The number of halogens is 1. The lowest BCUT2D eigenvalue weighted by molar-refractivity contribution is 0.0602. The molecule has 0 bridgehead atoms. The van der Waals surface area contributed by atoms with Gasteiger partial charge in [-0.15, -0.1) is 11.6 Å². The summed E-state index contributed by atoms with van der Waals surface area (Å²) < 4.78 is 6.83. The maximum Gasteiger partial charge on any atom is 0.340 e. The third kappa shape index (κ3) is 2.29. The van der Waals surface area contributed by atoms with Crippen molar-refractivity contribution >= 4 is 28.5 Å². The van der Waals surface area contributed by atoms with Crippen LogP contribution in [0.3, 0.4) is 0 Å². The largest absolute Gasteiger partial charge is 0.465 e. The number of hydrogen-bond donors (Lipinski definition) is 0. The van der Waals surface area contributed by atoms with Crippen LogP contribution in [-0.2, 0) is 11.3 Å². The first-order valence-electron chi connectivity index (χ1n) is 5.50. The predicted octanol–water partition coefficient (Wildman–Crippen LogP) is 3.06. The first-order valence-corrected chi connectivity index (χ1v) is 6.03. The minimum Gasteiger partial charge on any atom is -0.465 e. The van der Waals surface area contributed by atoms with Crippen LogP contribution in [0, 0.1) is 0 Å². The minimum atomic E-state index is -0.300. The highest BCUT2D eigenvalue weighted by molar-refractivity contribution is 6.17. The molecule has 2 aromatic rings. The lowest BCUT2D eigenvalue weighted by Gasteiger charge is -2.02. The lowest BCUT2D eigenvalue weighted by atomic mass is 10.2. The molecule has 0 radical (unpaired) electrons. The van der Waals surface area contributed by atoms with Gasteiger partial charge in [0.05, 0.1) is 12.7 Å². The van der Waals surface area contributed by atoms with Gasteiger partial charge in [-0.1, -0.05) is 18.2 Å². The highest BCUT2D eigenvalue weighted by Crippen LogP contribution is 2.22. The van der Waals surface area contributed by atoms with E-state index in [1.54, 1.807) is 0 Å². The molecule has 4 heteroatoms. The molecule has 0 aliphatic carbocycles. The summed E-state index contributed by atoms with van der Waals surface area (Å²) in [6.45, 7) is 0.807. The molecular formula is C13H14ClNO2. The number of fused-ring (bicyclic) bond motifs is 1. The van der Waals surface area contributed by atoms with Gasteiger partial charge in [-0.3, -0.25) is 0 Å². The van der Waals surface area contributed by atoms with Gasteiger partial charge < -0.3 is 9.30 Å². The van der Waals surface area contributed by atoms with Gasteiger partial charge >= 0.3 is 5.97 Å². The molecule has 1 aromatic heterocycles. The maximum absolute atomic E-state index is 11.7. The van der Waals surface area contributed by atoms with Crippen molar-refractivity contribution in [2.24, 2.45) is 0 Å². The highest BCUT2D eigenvalue weighted by Gasteiger charge is 2.14. The van der Waals surface area contributed by atoms with Crippen LogP contribution in [0.1, 0.15) is 16.8 Å². The van der Waals surface area contributed by atoms with Crippen molar-refractivity contribution in [1.82, 2.24) is 4.57 Å². The fourth-order valence-electron chi connectivity index (χ4n) is 1.93. The van der Waals surface area contributed by atoms with Crippen molar-refractivity contribution in [2.45, 2.75) is 13.0 Å². The fraction of sp³-hybridized carbons (Fsp3) is 0.308. The Morgan fingerprint density at radius 2 is 2.18 bits per heavy atom. The van der Waals surface area contributed by atoms with Crippen molar-refractivity contribution in [3.05, 3.63) is 36.0 Å². The van der Waals surface area contributed by atoms with E-state index in [4.69, 9.17) is 16.3 Å². The van der Waals surface area contributed by atoms with E-state index in [0.29, 0.717) is 11.4 Å². The third-order valence-electron chi connectivity index (χ3n) is 2.73. The van der Waals surface area contributed by atoms with Gasteiger partial charge in [0.2, 0.25) is 0 Å². The molecule has 0 aliphatic heterocycles. The van der Waals surface area contributed by atoms with E-state index >= 15 is 0 Å². The number of esters is 1. The molecule has 0 spiro atoms. The Hall–Kier alpha value is -1.48. The molecule has 0 saturated heterocycles. The van der Waals surface area contributed by atoms with Gasteiger partial charge in [-0.05, 0) is 12.5 Å². The van der Waals surface area contributed by atoms with E-state index in [1.807, 2.05) is 35.0 Å². The monoisotopic (exact) mass is 251 g/mol. The molecule has 0 unspecified atom stereocenters. The average molecular weight is 252 g/mol. The Kier molecular flexibility index (Phi) is 3.69. The van der Waals surface area contributed by atoms with Crippen molar-refractivity contribution in [3.63, 3.8) is 0 Å². The summed E-state index contributed by atoms with van der Waals surface area (Å²) in [5.41, 5.74) is 1.65. The summed E-state index contributed by atoms with van der Waals surface area (Å²) in [7, 11) is 1.40. The molecule has 90 valence electrons. The molecule has 17 heavy (non-hydrogen) atoms. The van der Waals surface area contributed by atoms with Gasteiger partial charge in [0, 0.05) is 29.5 Å².